The van der Waals surface area contributed by atoms with E-state index in [-0.39, 0.29) is 20.1 Å². The zero-order valence-electron chi connectivity index (χ0n) is 15.2. The van der Waals surface area contributed by atoms with E-state index in [9.17, 15) is 0 Å². The second kappa shape index (κ2) is 6.88. The number of nitrogens with zero attached hydrogens (tertiary/aromatic N) is 1. The van der Waals surface area contributed by atoms with Crippen molar-refractivity contribution in [1.82, 2.24) is 4.98 Å². The maximum absolute atomic E-state index is 4.74. The molecule has 1 nitrogen and oxygen atoms in total. The number of aryl methyl sites for hydroxylation is 2. The van der Waals surface area contributed by atoms with E-state index < -0.39 is 0 Å². The first-order chi connectivity index (χ1) is 12.7. The number of hydrogen-bond acceptors (Lipinski definition) is 1. The first kappa shape index (κ1) is 17.9. The molecule has 133 valence electrons. The topological polar surface area (TPSA) is 12.9 Å². The van der Waals surface area contributed by atoms with E-state index in [1.54, 1.807) is 0 Å². The molecule has 4 aromatic carbocycles. The Hall–Kier alpha value is -2.54. The van der Waals surface area contributed by atoms with Crippen molar-refractivity contribution in [2.75, 3.05) is 0 Å². The summed E-state index contributed by atoms with van der Waals surface area (Å²) < 4.78 is 0. The Kier molecular flexibility index (Phi) is 4.55. The summed E-state index contributed by atoms with van der Waals surface area (Å²) >= 11 is 0. The molecule has 1 radical (unpaired) electrons. The molecule has 27 heavy (non-hydrogen) atoms. The second-order valence-corrected chi connectivity index (χ2v) is 6.93. The maximum atomic E-state index is 4.74. The summed E-state index contributed by atoms with van der Waals surface area (Å²) in [7, 11) is 0. The number of fused-ring (bicyclic) bond motifs is 5. The molecular formula is C25H18IrN-. The van der Waals surface area contributed by atoms with E-state index in [2.05, 4.69) is 86.6 Å². The normalized spacial score (nSPS) is 11.0. The van der Waals surface area contributed by atoms with Crippen LogP contribution in [0.2, 0.25) is 0 Å². The largest absolute Gasteiger partial charge is 0.303 e. The zero-order chi connectivity index (χ0) is 17.7. The fourth-order valence-electron chi connectivity index (χ4n) is 3.99. The van der Waals surface area contributed by atoms with Gasteiger partial charge in [0.25, 0.3) is 0 Å². The van der Waals surface area contributed by atoms with Crippen LogP contribution in [0.5, 0.6) is 0 Å². The molecular weight excluding hydrogens is 506 g/mol. The molecule has 5 aromatic rings. The van der Waals surface area contributed by atoms with Gasteiger partial charge in [-0.25, -0.2) is 0 Å². The van der Waals surface area contributed by atoms with Crippen molar-refractivity contribution in [3.8, 4) is 11.1 Å². The molecule has 0 unspecified atom stereocenters. The molecule has 0 bridgehead atoms. The Labute approximate surface area is 172 Å². The van der Waals surface area contributed by atoms with Crippen molar-refractivity contribution < 1.29 is 20.1 Å². The van der Waals surface area contributed by atoms with Gasteiger partial charge in [-0.1, -0.05) is 76.9 Å². The first-order valence-electron chi connectivity index (χ1n) is 8.91. The molecule has 0 fully saturated rings. The van der Waals surface area contributed by atoms with E-state index in [0.717, 1.165) is 10.9 Å². The summed E-state index contributed by atoms with van der Waals surface area (Å²) in [6.07, 6.45) is 1.96. The van der Waals surface area contributed by atoms with Crippen LogP contribution in [-0.2, 0) is 20.1 Å². The summed E-state index contributed by atoms with van der Waals surface area (Å²) in [6.45, 7) is 4.33. The Balaban J connectivity index is 0.00000180. The third-order valence-corrected chi connectivity index (χ3v) is 5.25. The number of benzene rings is 4. The van der Waals surface area contributed by atoms with E-state index in [0.29, 0.717) is 0 Å². The van der Waals surface area contributed by atoms with Gasteiger partial charge in [0.2, 0.25) is 0 Å². The van der Waals surface area contributed by atoms with Crippen molar-refractivity contribution in [1.29, 1.82) is 0 Å². The molecule has 5 rings (SSSR count). The van der Waals surface area contributed by atoms with E-state index in [1.807, 2.05) is 6.20 Å². The minimum atomic E-state index is 0. The fourth-order valence-corrected chi connectivity index (χ4v) is 3.99. The van der Waals surface area contributed by atoms with Crippen molar-refractivity contribution in [2.24, 2.45) is 0 Å². The third kappa shape index (κ3) is 2.86. The van der Waals surface area contributed by atoms with E-state index >= 15 is 0 Å². The summed E-state index contributed by atoms with van der Waals surface area (Å²) in [6, 6.07) is 27.1. The van der Waals surface area contributed by atoms with E-state index in [1.165, 1.54) is 43.8 Å². The third-order valence-electron chi connectivity index (χ3n) is 5.25. The van der Waals surface area contributed by atoms with Crippen LogP contribution in [0.1, 0.15) is 11.1 Å². The second-order valence-electron chi connectivity index (χ2n) is 6.93. The van der Waals surface area contributed by atoms with Crippen LogP contribution in [0.25, 0.3) is 43.6 Å². The average molecular weight is 525 g/mol. The van der Waals surface area contributed by atoms with Gasteiger partial charge in [-0.05, 0) is 35.5 Å². The molecule has 0 saturated carbocycles. The van der Waals surface area contributed by atoms with Crippen molar-refractivity contribution >= 4 is 32.4 Å². The zero-order valence-corrected chi connectivity index (χ0v) is 17.6. The smallest absolute Gasteiger partial charge is 0.0239 e. The van der Waals surface area contributed by atoms with Crippen LogP contribution in [0.15, 0.2) is 72.9 Å². The molecule has 0 amide bonds. The number of hydrogen-bond donors (Lipinski definition) is 0. The summed E-state index contributed by atoms with van der Waals surface area (Å²) in [4.78, 5) is 4.74. The van der Waals surface area contributed by atoms with Crippen LogP contribution < -0.4 is 0 Å². The van der Waals surface area contributed by atoms with Gasteiger partial charge >= 0.3 is 0 Å². The van der Waals surface area contributed by atoms with Crippen molar-refractivity contribution in [3.05, 3.63) is 90.1 Å². The van der Waals surface area contributed by atoms with Crippen LogP contribution >= 0.6 is 0 Å². The molecule has 1 heterocycles. The molecule has 0 N–H and O–H groups in total. The number of pyridine rings is 1. The van der Waals surface area contributed by atoms with Gasteiger partial charge in [0, 0.05) is 26.3 Å². The maximum Gasteiger partial charge on any atom is 0.0239 e. The Morgan fingerprint density at radius 3 is 2.37 bits per heavy atom. The Bertz CT molecular complexity index is 1280. The Morgan fingerprint density at radius 1 is 0.778 bits per heavy atom. The van der Waals surface area contributed by atoms with Crippen molar-refractivity contribution in [2.45, 2.75) is 13.8 Å². The summed E-state index contributed by atoms with van der Waals surface area (Å²) in [5, 5.41) is 5.87. The minimum Gasteiger partial charge on any atom is -0.303 e. The van der Waals surface area contributed by atoms with Gasteiger partial charge in [0.1, 0.15) is 0 Å². The van der Waals surface area contributed by atoms with Gasteiger partial charge < -0.3 is 4.98 Å². The first-order valence-corrected chi connectivity index (χ1v) is 8.91. The van der Waals surface area contributed by atoms with Crippen LogP contribution in [0.3, 0.4) is 0 Å². The number of rotatable bonds is 1. The van der Waals surface area contributed by atoms with Gasteiger partial charge in [0.15, 0.2) is 0 Å². The van der Waals surface area contributed by atoms with Crippen LogP contribution in [0.4, 0.5) is 0 Å². The van der Waals surface area contributed by atoms with Gasteiger partial charge in [-0.3, -0.25) is 0 Å². The molecule has 2 heteroatoms. The Morgan fingerprint density at radius 2 is 1.56 bits per heavy atom. The van der Waals surface area contributed by atoms with Crippen LogP contribution in [-0.4, -0.2) is 4.98 Å². The summed E-state index contributed by atoms with van der Waals surface area (Å²) in [5.74, 6) is 0. The molecule has 0 aliphatic carbocycles. The SMILES string of the molecule is Cc1cccc(C)c1-c1c[c-]c2c(ccc3c4ccccc4cnc23)c1.[Ir]. The van der Waals surface area contributed by atoms with Gasteiger partial charge in [-0.2, -0.15) is 0 Å². The standard InChI is InChI=1S/C25H18N.Ir/c1-16-6-5-7-17(2)24(16)19-11-12-22-18(14-19)10-13-23-21-9-4-3-8-20(21)15-26-25(22)23;/h3-11,13-15H,1-2H3;/q-1;. The molecule has 0 atom stereocenters. The van der Waals surface area contributed by atoms with Gasteiger partial charge in [-0.15, -0.1) is 29.0 Å². The van der Waals surface area contributed by atoms with Gasteiger partial charge in [0.05, 0.1) is 0 Å². The molecule has 0 aliphatic heterocycles. The predicted molar refractivity (Wildman–Crippen MR) is 111 cm³/mol. The minimum absolute atomic E-state index is 0. The monoisotopic (exact) mass is 525 g/mol. The quantitative estimate of drug-likeness (QED) is 0.177. The summed E-state index contributed by atoms with van der Waals surface area (Å²) in [5.41, 5.74) is 6.13. The van der Waals surface area contributed by atoms with Crippen LogP contribution in [0, 0.1) is 19.9 Å². The molecule has 0 aliphatic rings. The molecule has 1 aromatic heterocycles. The predicted octanol–water partition coefficient (Wildman–Crippen LogP) is 6.62. The van der Waals surface area contributed by atoms with Crippen molar-refractivity contribution in [3.63, 3.8) is 0 Å². The number of aromatic nitrogens is 1. The molecule has 0 saturated heterocycles. The fraction of sp³-hybridized carbons (Fsp3) is 0.0800. The molecule has 0 spiro atoms. The average Bonchev–Trinajstić information content (AvgIpc) is 2.67. The van der Waals surface area contributed by atoms with E-state index in [4.69, 9.17) is 4.98 Å².